The van der Waals surface area contributed by atoms with Gasteiger partial charge in [-0.25, -0.2) is 27.0 Å². The Morgan fingerprint density at radius 3 is 2.32 bits per heavy atom. The molecule has 0 aliphatic heterocycles. The summed E-state index contributed by atoms with van der Waals surface area (Å²) in [5.74, 6) is -1.20. The molecule has 0 radical (unpaired) electrons. The first-order valence-corrected chi connectivity index (χ1v) is 21.8. The zero-order valence-electron chi connectivity index (χ0n) is 35.7. The van der Waals surface area contributed by atoms with E-state index in [1.54, 1.807) is 20.8 Å². The number of nitrogens with one attached hydrogen (secondary N) is 3. The van der Waals surface area contributed by atoms with E-state index in [1.165, 1.54) is 42.9 Å². The standard InChI is InChI=1S/C43H40ClF7N8O6S/c1-40(2,3)65-39(61)54-20-41(4,62)14-13-24-7-8-25(26-10-12-29(44)33-35(26)59(5)57-38(33)58-66(6,63)64)34(55-24)30(17-21-15-22(45)18-23(46)16-21)56-31(60)19-53-37-32(36(52)43(49,50)51)27-9-11-28(27)42(37,47)48/h7-8,10,12,15-16,18,27-28,30,62H,17,19-20,52H2,1-6H3,(H,54,61)(H,56,60)(H,57,58)/t27-,28+,30?,41?/m0/s1. The predicted molar refractivity (Wildman–Crippen MR) is 229 cm³/mol. The molecule has 350 valence electrons. The molecule has 0 spiro atoms. The summed E-state index contributed by atoms with van der Waals surface area (Å²) in [5.41, 5.74) is -1.44. The van der Waals surface area contributed by atoms with Gasteiger partial charge in [0.1, 0.15) is 52.4 Å². The van der Waals surface area contributed by atoms with Crippen LogP contribution in [0.15, 0.2) is 58.7 Å². The zero-order valence-corrected chi connectivity index (χ0v) is 37.3. The van der Waals surface area contributed by atoms with Gasteiger partial charge in [0.05, 0.1) is 46.4 Å². The number of aliphatic imine (C=N–C) groups is 1. The lowest BCUT2D eigenvalue weighted by Crippen LogP contribution is -2.42. The Morgan fingerprint density at radius 1 is 1.08 bits per heavy atom. The number of ether oxygens (including phenoxy) is 1. The number of allylic oxidation sites excluding steroid dienone is 2. The summed E-state index contributed by atoms with van der Waals surface area (Å²) in [6, 6.07) is 6.73. The van der Waals surface area contributed by atoms with Crippen molar-refractivity contribution < 1.29 is 58.6 Å². The van der Waals surface area contributed by atoms with Crippen molar-refractivity contribution in [1.82, 2.24) is 25.4 Å². The number of hydrogen-bond acceptors (Lipinski definition) is 10. The second kappa shape index (κ2) is 17.8. The highest BCUT2D eigenvalue weighted by molar-refractivity contribution is 7.92. The summed E-state index contributed by atoms with van der Waals surface area (Å²) in [4.78, 5) is 34.5. The molecule has 2 amide bonds. The van der Waals surface area contributed by atoms with Gasteiger partial charge in [0.2, 0.25) is 15.9 Å². The third-order valence-electron chi connectivity index (χ3n) is 9.87. The van der Waals surface area contributed by atoms with Crippen LogP contribution in [-0.4, -0.2) is 88.6 Å². The van der Waals surface area contributed by atoms with E-state index in [2.05, 4.69) is 54.1 Å². The molecule has 6 N–H and O–H groups in total. The number of nitrogens with two attached hydrogens (primary N) is 1. The number of alkyl carbamates (subject to hydrolysis) is 1. The summed E-state index contributed by atoms with van der Waals surface area (Å²) < 4.78 is 135. The molecule has 2 heterocycles. The number of aryl methyl sites for hydroxylation is 1. The fourth-order valence-corrected chi connectivity index (χ4v) is 7.89. The van der Waals surface area contributed by atoms with Gasteiger partial charge in [-0.2, -0.15) is 27.1 Å². The van der Waals surface area contributed by atoms with Gasteiger partial charge in [-0.05, 0) is 75.9 Å². The first-order valence-electron chi connectivity index (χ1n) is 19.6. The molecule has 4 atom stereocenters. The molecule has 0 saturated heterocycles. The highest BCUT2D eigenvalue weighted by Crippen LogP contribution is 2.51. The summed E-state index contributed by atoms with van der Waals surface area (Å²) in [5, 5.41) is 20.5. The third-order valence-corrected chi connectivity index (χ3v) is 10.8. The lowest BCUT2D eigenvalue weighted by atomic mass is 9.85. The molecule has 4 aromatic rings. The molecule has 2 aromatic carbocycles. The van der Waals surface area contributed by atoms with E-state index in [0.717, 1.165) is 18.4 Å². The topological polar surface area (TPSA) is 203 Å². The minimum absolute atomic E-state index is 0.0496. The monoisotopic (exact) mass is 964 g/mol. The van der Waals surface area contributed by atoms with Crippen molar-refractivity contribution in [3.05, 3.63) is 87.3 Å². The minimum atomic E-state index is -5.24. The first kappa shape index (κ1) is 49.1. The van der Waals surface area contributed by atoms with Crippen molar-refractivity contribution in [3.8, 4) is 34.8 Å². The number of rotatable bonds is 11. The fraction of sp³-hybridized carbons (Fsp3) is 0.372. The number of anilines is 1. The van der Waals surface area contributed by atoms with Gasteiger partial charge in [0, 0.05) is 29.8 Å². The average Bonchev–Trinajstić information content (AvgIpc) is 3.55. The summed E-state index contributed by atoms with van der Waals surface area (Å²) >= 11 is 6.59. The number of fused-ring (bicyclic) bond motifs is 2. The Kier molecular flexibility index (Phi) is 13.2. The van der Waals surface area contributed by atoms with Gasteiger partial charge in [0.25, 0.3) is 0 Å². The van der Waals surface area contributed by atoms with Gasteiger partial charge in [-0.15, -0.1) is 0 Å². The predicted octanol–water partition coefficient (Wildman–Crippen LogP) is 6.08. The summed E-state index contributed by atoms with van der Waals surface area (Å²) in [6.07, 6.45) is -5.68. The van der Waals surface area contributed by atoms with Gasteiger partial charge < -0.3 is 26.2 Å². The van der Waals surface area contributed by atoms with Crippen LogP contribution in [0.5, 0.6) is 0 Å². The fourth-order valence-electron chi connectivity index (χ4n) is 7.15. The number of carbonyl (C=O) groups excluding carboxylic acids is 2. The smallest absolute Gasteiger partial charge is 0.431 e. The average molecular weight is 965 g/mol. The normalized spacial score (nSPS) is 19.3. The minimum Gasteiger partial charge on any atom is -0.444 e. The van der Waals surface area contributed by atoms with Gasteiger partial charge in [-0.3, -0.25) is 19.2 Å². The van der Waals surface area contributed by atoms with Crippen LogP contribution in [-0.2, 0) is 33.0 Å². The maximum Gasteiger partial charge on any atom is 0.431 e. The van der Waals surface area contributed by atoms with Crippen LogP contribution < -0.4 is 21.1 Å². The molecule has 1 saturated carbocycles. The number of benzene rings is 2. The maximum absolute atomic E-state index is 15.5. The highest BCUT2D eigenvalue weighted by atomic mass is 35.5. The number of amides is 2. The number of sulfonamides is 1. The molecule has 2 aromatic heterocycles. The van der Waals surface area contributed by atoms with E-state index in [4.69, 9.17) is 22.1 Å². The Labute approximate surface area is 378 Å². The van der Waals surface area contributed by atoms with Crippen molar-refractivity contribution in [1.29, 1.82) is 0 Å². The molecular weight excluding hydrogens is 925 g/mol. The number of hydrogen-bond donors (Lipinski definition) is 5. The number of pyridine rings is 1. The zero-order chi connectivity index (χ0) is 48.9. The quantitative estimate of drug-likeness (QED) is 0.0873. The largest absolute Gasteiger partial charge is 0.444 e. The maximum atomic E-state index is 15.5. The number of aromatic nitrogens is 3. The lowest BCUT2D eigenvalue weighted by molar-refractivity contribution is -0.120. The molecular formula is C43H40ClF7N8O6S. The van der Waals surface area contributed by atoms with Gasteiger partial charge >= 0.3 is 18.2 Å². The lowest BCUT2D eigenvalue weighted by Gasteiger charge is -2.23. The van der Waals surface area contributed by atoms with Gasteiger partial charge in [0.15, 0.2) is 5.82 Å². The van der Waals surface area contributed by atoms with Crippen LogP contribution in [0.4, 0.5) is 41.3 Å². The van der Waals surface area contributed by atoms with E-state index in [-0.39, 0.29) is 49.8 Å². The van der Waals surface area contributed by atoms with E-state index in [0.29, 0.717) is 6.07 Å². The van der Waals surface area contributed by atoms with E-state index >= 15 is 8.78 Å². The van der Waals surface area contributed by atoms with Crippen molar-refractivity contribution in [2.24, 2.45) is 29.6 Å². The van der Waals surface area contributed by atoms with Crippen LogP contribution in [0.25, 0.3) is 22.0 Å². The molecule has 1 fully saturated rings. The van der Waals surface area contributed by atoms with Crippen LogP contribution in [0.1, 0.15) is 50.7 Å². The second-order valence-corrected chi connectivity index (χ2v) is 18.8. The summed E-state index contributed by atoms with van der Waals surface area (Å²) in [6.45, 7) is 4.55. The van der Waals surface area contributed by atoms with Crippen molar-refractivity contribution >= 4 is 56.1 Å². The first-order chi connectivity index (χ1) is 30.4. The number of halogens is 8. The number of carbonyl (C=O) groups is 2. The molecule has 2 unspecified atom stereocenters. The van der Waals surface area contributed by atoms with Crippen molar-refractivity contribution in [2.45, 2.75) is 63.5 Å². The van der Waals surface area contributed by atoms with E-state index in [9.17, 15) is 45.1 Å². The molecule has 23 heteroatoms. The number of alkyl halides is 5. The van der Waals surface area contributed by atoms with Crippen LogP contribution >= 0.6 is 11.6 Å². The Bertz CT molecular complexity index is 2940. The molecule has 14 nitrogen and oxygen atoms in total. The highest BCUT2D eigenvalue weighted by Gasteiger charge is 2.62. The van der Waals surface area contributed by atoms with Gasteiger partial charge in [-0.1, -0.05) is 35.4 Å². The van der Waals surface area contributed by atoms with E-state index in [1.807, 2.05) is 0 Å². The van der Waals surface area contributed by atoms with Crippen molar-refractivity contribution in [2.75, 3.05) is 24.1 Å². The second-order valence-electron chi connectivity index (χ2n) is 16.6. The van der Waals surface area contributed by atoms with Crippen LogP contribution in [0, 0.1) is 47.2 Å². The number of nitrogens with zero attached hydrogens (tertiary/aromatic N) is 4. The van der Waals surface area contributed by atoms with E-state index < -0.39 is 111 Å². The Hall–Kier alpha value is -6.36. The molecule has 0 bridgehead atoms. The number of aliphatic hydroxyl groups is 1. The molecule has 66 heavy (non-hydrogen) atoms. The SMILES string of the molecule is Cn1nc(NS(C)(=O)=O)c2c(Cl)ccc(-c3ccc(C#CC(C)(O)CNC(=O)OC(C)(C)C)nc3C(Cc3cc(F)cc(F)c3)NC(=O)CN=C3C(=C(N)C(F)(F)F)[C@H]4C#C[C@H]4C3(F)F)c21. The van der Waals surface area contributed by atoms with Crippen LogP contribution in [0.3, 0.4) is 0 Å². The molecule has 2 aliphatic rings. The van der Waals surface area contributed by atoms with Crippen molar-refractivity contribution in [3.63, 3.8) is 0 Å². The summed E-state index contributed by atoms with van der Waals surface area (Å²) in [7, 11) is -2.44. The molecule has 2 aliphatic carbocycles. The van der Waals surface area contributed by atoms with Crippen LogP contribution in [0.2, 0.25) is 5.02 Å². The molecule has 6 rings (SSSR count). The Balaban J connectivity index is 1.50. The Morgan fingerprint density at radius 2 is 1.73 bits per heavy atom. The third kappa shape index (κ3) is 11.0.